The second-order valence-electron chi connectivity index (χ2n) is 4.27. The Balaban J connectivity index is 2.29. The Morgan fingerprint density at radius 3 is 2.73 bits per heavy atom. The van der Waals surface area contributed by atoms with Crippen LogP contribution in [0.1, 0.15) is 33.6 Å². The number of nitrogens with zero attached hydrogens (tertiary/aromatic N) is 1. The van der Waals surface area contributed by atoms with E-state index in [0.717, 1.165) is 12.8 Å². The van der Waals surface area contributed by atoms with Crippen molar-refractivity contribution in [2.45, 2.75) is 33.6 Å². The lowest BCUT2D eigenvalue weighted by atomic mass is 9.88. The van der Waals surface area contributed by atoms with Crippen molar-refractivity contribution >= 4 is 12.0 Å². The van der Waals surface area contributed by atoms with Crippen molar-refractivity contribution in [2.75, 3.05) is 13.2 Å². The van der Waals surface area contributed by atoms with Gasteiger partial charge in [-0.2, -0.15) is 0 Å². The van der Waals surface area contributed by atoms with Crippen molar-refractivity contribution in [1.29, 1.82) is 0 Å². The Labute approximate surface area is 90.6 Å². The zero-order valence-electron chi connectivity index (χ0n) is 9.66. The minimum Gasteiger partial charge on any atom is -0.449 e. The number of imide groups is 1. The zero-order chi connectivity index (χ0) is 11.4. The smallest absolute Gasteiger partial charge is 0.416 e. The van der Waals surface area contributed by atoms with E-state index < -0.39 is 6.09 Å². The maximum Gasteiger partial charge on any atom is 0.416 e. The molecule has 0 saturated carbocycles. The van der Waals surface area contributed by atoms with Gasteiger partial charge in [0, 0.05) is 6.54 Å². The van der Waals surface area contributed by atoms with Gasteiger partial charge in [0.2, 0.25) is 5.91 Å². The highest BCUT2D eigenvalue weighted by molar-refractivity contribution is 5.98. The third-order valence-electron chi connectivity index (χ3n) is 2.71. The number of β-lactam (4-membered cyclic amide) rings is 1. The molecule has 4 heteroatoms. The number of amides is 2. The van der Waals surface area contributed by atoms with E-state index >= 15 is 0 Å². The Bertz CT molecular complexity index is 250. The summed E-state index contributed by atoms with van der Waals surface area (Å²) in [6, 6.07) is 0. The molecule has 4 nitrogen and oxygen atoms in total. The summed E-state index contributed by atoms with van der Waals surface area (Å²) in [4.78, 5) is 24.1. The predicted molar refractivity (Wildman–Crippen MR) is 56.3 cm³/mol. The van der Waals surface area contributed by atoms with Crippen molar-refractivity contribution in [3.8, 4) is 0 Å². The van der Waals surface area contributed by atoms with E-state index in [1.807, 2.05) is 20.8 Å². The van der Waals surface area contributed by atoms with Gasteiger partial charge in [-0.05, 0) is 12.3 Å². The number of unbranched alkanes of at least 4 members (excludes halogenated alkanes) is 1. The Kier molecular flexibility index (Phi) is 4.12. The zero-order valence-corrected chi connectivity index (χ0v) is 9.66. The minimum absolute atomic E-state index is 0.00345. The summed E-state index contributed by atoms with van der Waals surface area (Å²) in [5.41, 5.74) is 0. The summed E-state index contributed by atoms with van der Waals surface area (Å²) in [5, 5.41) is 0. The van der Waals surface area contributed by atoms with Gasteiger partial charge in [0.25, 0.3) is 0 Å². The van der Waals surface area contributed by atoms with Gasteiger partial charge in [-0.1, -0.05) is 27.2 Å². The molecule has 0 bridgehead atoms. The van der Waals surface area contributed by atoms with Crippen molar-refractivity contribution in [3.05, 3.63) is 0 Å². The summed E-state index contributed by atoms with van der Waals surface area (Å²) in [7, 11) is 0. The average Bonchev–Trinajstić information content (AvgIpc) is 2.15. The second kappa shape index (κ2) is 5.14. The Hall–Kier alpha value is -1.06. The molecule has 1 saturated heterocycles. The second-order valence-corrected chi connectivity index (χ2v) is 4.27. The molecule has 0 aromatic carbocycles. The molecule has 0 N–H and O–H groups in total. The van der Waals surface area contributed by atoms with Crippen molar-refractivity contribution < 1.29 is 14.3 Å². The van der Waals surface area contributed by atoms with Gasteiger partial charge in [-0.25, -0.2) is 9.69 Å². The van der Waals surface area contributed by atoms with Gasteiger partial charge in [0.05, 0.1) is 12.5 Å². The van der Waals surface area contributed by atoms with Crippen LogP contribution in [0.15, 0.2) is 0 Å². The average molecular weight is 213 g/mol. The third-order valence-corrected chi connectivity index (χ3v) is 2.71. The largest absolute Gasteiger partial charge is 0.449 e. The fraction of sp³-hybridized carbons (Fsp3) is 0.818. The number of likely N-dealkylation sites (tertiary alicyclic amines) is 1. The molecular weight excluding hydrogens is 194 g/mol. The highest BCUT2D eigenvalue weighted by Gasteiger charge is 2.43. The van der Waals surface area contributed by atoms with Crippen LogP contribution in [0.2, 0.25) is 0 Å². The van der Waals surface area contributed by atoms with E-state index in [2.05, 4.69) is 0 Å². The quantitative estimate of drug-likeness (QED) is 0.530. The molecule has 1 heterocycles. The van der Waals surface area contributed by atoms with Crippen LogP contribution in [0.5, 0.6) is 0 Å². The number of ether oxygens (including phenoxy) is 1. The molecule has 0 radical (unpaired) electrons. The van der Waals surface area contributed by atoms with Crippen LogP contribution in [0, 0.1) is 11.8 Å². The first kappa shape index (κ1) is 12.0. The van der Waals surface area contributed by atoms with Gasteiger partial charge < -0.3 is 4.74 Å². The van der Waals surface area contributed by atoms with E-state index in [0.29, 0.717) is 19.1 Å². The maximum absolute atomic E-state index is 11.5. The van der Waals surface area contributed by atoms with Crippen LogP contribution >= 0.6 is 0 Å². The van der Waals surface area contributed by atoms with Crippen LogP contribution in [0.25, 0.3) is 0 Å². The van der Waals surface area contributed by atoms with E-state index in [-0.39, 0.29) is 11.8 Å². The fourth-order valence-electron chi connectivity index (χ4n) is 1.49. The molecule has 0 aromatic rings. The first-order valence-corrected chi connectivity index (χ1v) is 5.56. The number of carbonyl (C=O) groups is 2. The normalized spacial score (nSPS) is 20.4. The maximum atomic E-state index is 11.5. The Morgan fingerprint density at radius 2 is 2.27 bits per heavy atom. The van der Waals surface area contributed by atoms with Crippen molar-refractivity contribution in [1.82, 2.24) is 4.90 Å². The Morgan fingerprint density at radius 1 is 1.60 bits per heavy atom. The first-order chi connectivity index (χ1) is 7.07. The monoisotopic (exact) mass is 213 g/mol. The molecule has 0 aromatic heterocycles. The molecular formula is C11H19NO3. The van der Waals surface area contributed by atoms with Crippen LogP contribution in [-0.4, -0.2) is 30.1 Å². The minimum atomic E-state index is -0.481. The van der Waals surface area contributed by atoms with Gasteiger partial charge >= 0.3 is 6.09 Å². The van der Waals surface area contributed by atoms with Gasteiger partial charge in [0.15, 0.2) is 0 Å². The molecule has 0 spiro atoms. The lowest BCUT2D eigenvalue weighted by Gasteiger charge is -2.37. The molecule has 1 atom stereocenters. The molecule has 1 aliphatic rings. The topological polar surface area (TPSA) is 46.6 Å². The van der Waals surface area contributed by atoms with Crippen LogP contribution in [0.3, 0.4) is 0 Å². The molecule has 0 unspecified atom stereocenters. The van der Waals surface area contributed by atoms with Gasteiger partial charge in [-0.15, -0.1) is 0 Å². The van der Waals surface area contributed by atoms with Gasteiger partial charge in [0.1, 0.15) is 0 Å². The summed E-state index contributed by atoms with van der Waals surface area (Å²) in [6.45, 7) is 6.93. The number of carbonyl (C=O) groups excluding carboxylic acids is 2. The highest BCUT2D eigenvalue weighted by atomic mass is 16.6. The van der Waals surface area contributed by atoms with E-state index in [9.17, 15) is 9.59 Å². The van der Waals surface area contributed by atoms with Crippen molar-refractivity contribution in [2.24, 2.45) is 11.8 Å². The predicted octanol–water partition coefficient (Wildman–Crippen LogP) is 2.04. The number of hydrogen-bond acceptors (Lipinski definition) is 3. The van der Waals surface area contributed by atoms with Crippen LogP contribution < -0.4 is 0 Å². The summed E-state index contributed by atoms with van der Waals surface area (Å²) >= 11 is 0. The van der Waals surface area contributed by atoms with E-state index in [1.54, 1.807) is 0 Å². The summed E-state index contributed by atoms with van der Waals surface area (Å²) in [6.07, 6.45) is 1.35. The fourth-order valence-corrected chi connectivity index (χ4v) is 1.49. The van der Waals surface area contributed by atoms with Crippen LogP contribution in [0.4, 0.5) is 4.79 Å². The van der Waals surface area contributed by atoms with E-state index in [1.165, 1.54) is 4.90 Å². The molecule has 2 amide bonds. The van der Waals surface area contributed by atoms with Crippen molar-refractivity contribution in [3.63, 3.8) is 0 Å². The molecule has 86 valence electrons. The SMILES string of the molecule is CCCCOC(=O)N1C[C@H](C(C)C)C1=O. The summed E-state index contributed by atoms with van der Waals surface area (Å²) in [5.74, 6) is 0.215. The molecule has 0 aliphatic carbocycles. The standard InChI is InChI=1S/C11H19NO3/c1-4-5-6-15-11(14)12-7-9(8(2)3)10(12)13/h8-9H,4-7H2,1-3H3/t9-/m1/s1. The van der Waals surface area contributed by atoms with Gasteiger partial charge in [-0.3, -0.25) is 4.79 Å². The van der Waals surface area contributed by atoms with Crippen LogP contribution in [-0.2, 0) is 9.53 Å². The lowest BCUT2D eigenvalue weighted by molar-refractivity contribution is -0.147. The number of rotatable bonds is 4. The molecule has 1 rings (SSSR count). The lowest BCUT2D eigenvalue weighted by Crippen LogP contribution is -2.57. The number of hydrogen-bond donors (Lipinski definition) is 0. The third kappa shape index (κ3) is 2.70. The highest BCUT2D eigenvalue weighted by Crippen LogP contribution is 2.25. The first-order valence-electron chi connectivity index (χ1n) is 5.56. The molecule has 1 fully saturated rings. The summed E-state index contributed by atoms with van der Waals surface area (Å²) < 4.78 is 4.95. The van der Waals surface area contributed by atoms with E-state index in [4.69, 9.17) is 4.74 Å². The molecule has 1 aliphatic heterocycles. The molecule has 15 heavy (non-hydrogen) atoms.